The van der Waals surface area contributed by atoms with Gasteiger partial charge in [-0.3, -0.25) is 4.98 Å². The molecule has 2 aliphatic rings. The second-order valence-corrected chi connectivity index (χ2v) is 11.2. The van der Waals surface area contributed by atoms with Crippen molar-refractivity contribution in [3.8, 4) is 0 Å². The van der Waals surface area contributed by atoms with E-state index in [-0.39, 0.29) is 12.1 Å². The van der Waals surface area contributed by atoms with Crippen LogP contribution in [0.3, 0.4) is 0 Å². The zero-order chi connectivity index (χ0) is 24.7. The number of hydrogen-bond donors (Lipinski definition) is 1. The first-order valence-electron chi connectivity index (χ1n) is 12.6. The van der Waals surface area contributed by atoms with Gasteiger partial charge in [0, 0.05) is 42.9 Å². The third kappa shape index (κ3) is 4.66. The summed E-state index contributed by atoms with van der Waals surface area (Å²) in [4.78, 5) is 9.32. The molecule has 0 unspecified atom stereocenters. The van der Waals surface area contributed by atoms with Gasteiger partial charge < -0.3 is 19.7 Å². The van der Waals surface area contributed by atoms with E-state index in [4.69, 9.17) is 23.8 Å². The first kappa shape index (κ1) is 24.1. The van der Waals surface area contributed by atoms with E-state index in [0.29, 0.717) is 23.0 Å². The van der Waals surface area contributed by atoms with Crippen molar-refractivity contribution in [3.63, 3.8) is 0 Å². The molecule has 35 heavy (non-hydrogen) atoms. The van der Waals surface area contributed by atoms with Gasteiger partial charge in [-0.2, -0.15) is 0 Å². The van der Waals surface area contributed by atoms with Gasteiger partial charge in [0.25, 0.3) is 0 Å². The number of benzene rings is 1. The van der Waals surface area contributed by atoms with Crippen molar-refractivity contribution < 1.29 is 0 Å². The zero-order valence-electron chi connectivity index (χ0n) is 20.9. The molecule has 0 aliphatic carbocycles. The summed E-state index contributed by atoms with van der Waals surface area (Å²) in [5.41, 5.74) is 4.27. The molecule has 184 valence electrons. The van der Waals surface area contributed by atoms with E-state index >= 15 is 0 Å². The molecular formula is C28H34ClN5S. The number of anilines is 2. The van der Waals surface area contributed by atoms with E-state index in [9.17, 15) is 0 Å². The molecule has 4 atom stereocenters. The number of nitrogens with zero attached hydrogens (tertiary/aromatic N) is 4. The second kappa shape index (κ2) is 9.82. The van der Waals surface area contributed by atoms with Gasteiger partial charge in [-0.25, -0.2) is 0 Å². The maximum absolute atomic E-state index is 6.94. The Morgan fingerprint density at radius 3 is 2.49 bits per heavy atom. The fourth-order valence-corrected chi connectivity index (χ4v) is 6.46. The minimum Gasteiger partial charge on any atom is -0.370 e. The van der Waals surface area contributed by atoms with Crippen LogP contribution in [0.25, 0.3) is 0 Å². The fraction of sp³-hybridized carbons (Fsp3) is 0.429. The molecule has 1 N–H and O–H groups in total. The van der Waals surface area contributed by atoms with Gasteiger partial charge in [-0.1, -0.05) is 31.5 Å². The highest BCUT2D eigenvalue weighted by Crippen LogP contribution is 2.44. The van der Waals surface area contributed by atoms with E-state index in [2.05, 4.69) is 95.0 Å². The number of halogens is 1. The lowest BCUT2D eigenvalue weighted by Crippen LogP contribution is -2.38. The first-order chi connectivity index (χ1) is 16.8. The van der Waals surface area contributed by atoms with Gasteiger partial charge in [0.2, 0.25) is 0 Å². The van der Waals surface area contributed by atoms with E-state index in [1.165, 1.54) is 12.1 Å². The highest BCUT2D eigenvalue weighted by Gasteiger charge is 2.42. The van der Waals surface area contributed by atoms with Crippen LogP contribution in [-0.2, 0) is 0 Å². The van der Waals surface area contributed by atoms with Crippen LogP contribution in [-0.4, -0.2) is 27.8 Å². The number of thiocarbonyl (C=S) groups is 1. The summed E-state index contributed by atoms with van der Waals surface area (Å²) in [5.74, 6) is 1.33. The van der Waals surface area contributed by atoms with E-state index in [1.54, 1.807) is 0 Å². The van der Waals surface area contributed by atoms with Gasteiger partial charge in [-0.05, 0) is 86.8 Å². The Morgan fingerprint density at radius 2 is 1.83 bits per heavy atom. The van der Waals surface area contributed by atoms with Gasteiger partial charge in [0.15, 0.2) is 5.11 Å². The predicted octanol–water partition coefficient (Wildman–Crippen LogP) is 6.78. The van der Waals surface area contributed by atoms with E-state index in [1.807, 2.05) is 18.3 Å². The summed E-state index contributed by atoms with van der Waals surface area (Å²) in [6.07, 6.45) is 5.25. The lowest BCUT2D eigenvalue weighted by Gasteiger charge is -2.37. The molecular weight excluding hydrogens is 474 g/mol. The van der Waals surface area contributed by atoms with E-state index in [0.717, 1.165) is 35.2 Å². The summed E-state index contributed by atoms with van der Waals surface area (Å²) in [5, 5.41) is 5.02. The van der Waals surface area contributed by atoms with Gasteiger partial charge in [0.1, 0.15) is 6.04 Å². The molecule has 0 bridgehead atoms. The average molecular weight is 508 g/mol. The lowest BCUT2D eigenvalue weighted by molar-refractivity contribution is 0.357. The smallest absolute Gasteiger partial charge is 0.174 e. The summed E-state index contributed by atoms with van der Waals surface area (Å²) in [7, 11) is 0. The number of nitrogens with one attached hydrogen (secondary N) is 1. The molecule has 2 fully saturated rings. The zero-order valence-corrected chi connectivity index (χ0v) is 22.4. The Labute approximate surface area is 219 Å². The molecule has 2 saturated heterocycles. The molecule has 4 heterocycles. The van der Waals surface area contributed by atoms with Crippen molar-refractivity contribution in [1.82, 2.24) is 14.9 Å². The molecule has 0 amide bonds. The van der Waals surface area contributed by atoms with Crippen molar-refractivity contribution in [2.75, 3.05) is 22.9 Å². The maximum atomic E-state index is 6.94. The van der Waals surface area contributed by atoms with Crippen LogP contribution in [0.5, 0.6) is 0 Å². The van der Waals surface area contributed by atoms with Crippen molar-refractivity contribution in [3.05, 3.63) is 77.3 Å². The Kier molecular flexibility index (Phi) is 6.78. The summed E-state index contributed by atoms with van der Waals surface area (Å²) in [6.45, 7) is 11.1. The minimum atomic E-state index is -0.0710. The molecule has 0 radical (unpaired) electrons. The monoisotopic (exact) mass is 507 g/mol. The average Bonchev–Trinajstić information content (AvgIpc) is 3.43. The van der Waals surface area contributed by atoms with Crippen LogP contribution in [0.2, 0.25) is 5.02 Å². The van der Waals surface area contributed by atoms with Crippen LogP contribution in [0.1, 0.15) is 63.6 Å². The molecule has 0 spiro atoms. The topological polar surface area (TPSA) is 36.3 Å². The number of rotatable bonds is 5. The van der Waals surface area contributed by atoms with Gasteiger partial charge in [-0.15, -0.1) is 0 Å². The first-order valence-corrected chi connectivity index (χ1v) is 13.3. The minimum absolute atomic E-state index is 0.0493. The van der Waals surface area contributed by atoms with Crippen molar-refractivity contribution in [2.24, 2.45) is 11.8 Å². The molecule has 2 aromatic heterocycles. The SMILES string of the molecule is CC(C)n1cccc1[C@H]1[C@@H](c2ccccn2)NC(=S)N1c1ccc(N2C[C@H](C)C[C@H](C)C2)c(Cl)c1. The fourth-order valence-electron chi connectivity index (χ4n) is 5.82. The van der Waals surface area contributed by atoms with Gasteiger partial charge >= 0.3 is 0 Å². The Balaban J connectivity index is 1.55. The van der Waals surface area contributed by atoms with Crippen LogP contribution in [0, 0.1) is 11.8 Å². The summed E-state index contributed by atoms with van der Waals surface area (Å²) < 4.78 is 2.32. The van der Waals surface area contributed by atoms with Crippen LogP contribution in [0.4, 0.5) is 11.4 Å². The molecule has 1 aromatic carbocycles. The number of pyridine rings is 1. The van der Waals surface area contributed by atoms with E-state index < -0.39 is 0 Å². The third-order valence-corrected chi connectivity index (χ3v) is 7.81. The van der Waals surface area contributed by atoms with Crippen LogP contribution < -0.4 is 15.1 Å². The molecule has 5 nitrogen and oxygen atoms in total. The van der Waals surface area contributed by atoms with Crippen LogP contribution >= 0.6 is 23.8 Å². The number of aromatic nitrogens is 2. The molecule has 3 aromatic rings. The summed E-state index contributed by atoms with van der Waals surface area (Å²) in [6, 6.07) is 16.9. The maximum Gasteiger partial charge on any atom is 0.174 e. The number of hydrogen-bond acceptors (Lipinski definition) is 3. The lowest BCUT2D eigenvalue weighted by atomic mass is 9.91. The summed E-state index contributed by atoms with van der Waals surface area (Å²) >= 11 is 12.9. The third-order valence-electron chi connectivity index (χ3n) is 7.19. The normalized spacial score (nSPS) is 24.8. The Hall–Kier alpha value is -2.57. The number of piperidine rings is 1. The van der Waals surface area contributed by atoms with Crippen molar-refractivity contribution in [2.45, 2.75) is 52.2 Å². The highest BCUT2D eigenvalue weighted by atomic mass is 35.5. The predicted molar refractivity (Wildman–Crippen MR) is 149 cm³/mol. The largest absolute Gasteiger partial charge is 0.370 e. The standard InChI is InChI=1S/C28H34ClN5S/c1-18(2)33-13-7-9-25(33)27-26(23-8-5-6-12-30-23)31-28(35)34(27)21-10-11-24(22(29)15-21)32-16-19(3)14-20(4)17-32/h5-13,15,18-20,26-27H,14,16-17H2,1-4H3,(H,31,35)/t19-,20+,26-,27+/m1/s1. The highest BCUT2D eigenvalue weighted by molar-refractivity contribution is 7.80. The van der Waals surface area contributed by atoms with Crippen molar-refractivity contribution in [1.29, 1.82) is 0 Å². The Morgan fingerprint density at radius 1 is 1.06 bits per heavy atom. The molecule has 2 aliphatic heterocycles. The molecule has 0 saturated carbocycles. The molecule has 7 heteroatoms. The second-order valence-electron chi connectivity index (χ2n) is 10.4. The molecule has 5 rings (SSSR count). The van der Waals surface area contributed by atoms with Crippen LogP contribution in [0.15, 0.2) is 60.9 Å². The Bertz CT molecular complexity index is 1180. The quantitative estimate of drug-likeness (QED) is 0.385. The van der Waals surface area contributed by atoms with Crippen molar-refractivity contribution >= 4 is 40.3 Å². The van der Waals surface area contributed by atoms with Gasteiger partial charge in [0.05, 0.1) is 22.4 Å².